The van der Waals surface area contributed by atoms with Crippen molar-refractivity contribution in [3.8, 4) is 0 Å². The first-order chi connectivity index (χ1) is 9.79. The number of carbonyl (C=O) groups excluding carboxylic acids is 1. The standard InChI is InChI=1S/C14H16N4O2/c1-2-3-8-20-13(19)11-4-6-12(7-5-11)18-14-16-9-15-10-17-14/h4-7,9-10H,2-3,8H2,1H3,(H,15,16,17,18). The zero-order valence-electron chi connectivity index (χ0n) is 11.2. The van der Waals surface area contributed by atoms with Gasteiger partial charge in [0.25, 0.3) is 0 Å². The van der Waals surface area contributed by atoms with Gasteiger partial charge < -0.3 is 10.1 Å². The van der Waals surface area contributed by atoms with Crippen LogP contribution in [0, 0.1) is 0 Å². The molecule has 0 aliphatic heterocycles. The van der Waals surface area contributed by atoms with Gasteiger partial charge in [-0.2, -0.15) is 0 Å². The molecule has 0 aliphatic carbocycles. The Balaban J connectivity index is 1.94. The molecule has 0 fully saturated rings. The Kier molecular flexibility index (Phi) is 5.00. The lowest BCUT2D eigenvalue weighted by Gasteiger charge is -2.06. The van der Waals surface area contributed by atoms with Gasteiger partial charge in [-0.3, -0.25) is 0 Å². The van der Waals surface area contributed by atoms with E-state index in [4.69, 9.17) is 4.74 Å². The van der Waals surface area contributed by atoms with Crippen LogP contribution >= 0.6 is 0 Å². The van der Waals surface area contributed by atoms with Crippen molar-refractivity contribution >= 4 is 17.6 Å². The lowest BCUT2D eigenvalue weighted by Crippen LogP contribution is -2.06. The van der Waals surface area contributed by atoms with Crippen molar-refractivity contribution in [2.75, 3.05) is 11.9 Å². The Morgan fingerprint density at radius 3 is 2.55 bits per heavy atom. The monoisotopic (exact) mass is 272 g/mol. The SMILES string of the molecule is CCCCOC(=O)c1ccc(Nc2ncncn2)cc1. The van der Waals surface area contributed by atoms with Crippen LogP contribution in [-0.4, -0.2) is 27.5 Å². The number of esters is 1. The quantitative estimate of drug-likeness (QED) is 0.643. The zero-order valence-corrected chi connectivity index (χ0v) is 11.2. The Hall–Kier alpha value is -2.50. The minimum atomic E-state index is -0.301. The molecule has 1 aromatic heterocycles. The van der Waals surface area contributed by atoms with Crippen LogP contribution in [0.1, 0.15) is 30.1 Å². The first-order valence-corrected chi connectivity index (χ1v) is 6.46. The molecule has 0 saturated heterocycles. The van der Waals surface area contributed by atoms with Crippen LogP contribution in [0.25, 0.3) is 0 Å². The number of rotatable bonds is 6. The lowest BCUT2D eigenvalue weighted by atomic mass is 10.2. The second kappa shape index (κ2) is 7.18. The van der Waals surface area contributed by atoms with E-state index in [1.54, 1.807) is 24.3 Å². The Labute approximate surface area is 117 Å². The average Bonchev–Trinajstić information content (AvgIpc) is 2.49. The van der Waals surface area contributed by atoms with E-state index in [1.807, 2.05) is 0 Å². The molecule has 0 radical (unpaired) electrons. The summed E-state index contributed by atoms with van der Waals surface area (Å²) in [6.45, 7) is 2.51. The topological polar surface area (TPSA) is 77.0 Å². The minimum Gasteiger partial charge on any atom is -0.462 e. The normalized spacial score (nSPS) is 10.1. The molecule has 1 heterocycles. The van der Waals surface area contributed by atoms with Gasteiger partial charge in [0.05, 0.1) is 12.2 Å². The largest absolute Gasteiger partial charge is 0.462 e. The first-order valence-electron chi connectivity index (χ1n) is 6.46. The molecule has 6 heteroatoms. The fourth-order valence-electron chi connectivity index (χ4n) is 1.52. The van der Waals surface area contributed by atoms with E-state index in [0.29, 0.717) is 18.1 Å². The van der Waals surface area contributed by atoms with Crippen molar-refractivity contribution < 1.29 is 9.53 Å². The first kappa shape index (κ1) is 13.9. The van der Waals surface area contributed by atoms with E-state index in [2.05, 4.69) is 27.2 Å². The third-order valence-corrected chi connectivity index (χ3v) is 2.60. The van der Waals surface area contributed by atoms with E-state index >= 15 is 0 Å². The number of aromatic nitrogens is 3. The van der Waals surface area contributed by atoms with Gasteiger partial charge in [-0.25, -0.2) is 19.7 Å². The molecule has 0 aliphatic rings. The number of carbonyl (C=O) groups is 1. The molecule has 2 aromatic rings. The van der Waals surface area contributed by atoms with Crippen LogP contribution in [0.3, 0.4) is 0 Å². The summed E-state index contributed by atoms with van der Waals surface area (Å²) in [5.41, 5.74) is 1.32. The third-order valence-electron chi connectivity index (χ3n) is 2.60. The second-order valence-corrected chi connectivity index (χ2v) is 4.15. The van der Waals surface area contributed by atoms with Crippen molar-refractivity contribution in [2.45, 2.75) is 19.8 Å². The van der Waals surface area contributed by atoms with Crippen LogP contribution in [0.5, 0.6) is 0 Å². The predicted molar refractivity (Wildman–Crippen MR) is 74.7 cm³/mol. The van der Waals surface area contributed by atoms with Crippen LogP contribution in [-0.2, 0) is 4.74 Å². The molecule has 20 heavy (non-hydrogen) atoms. The molecule has 1 aromatic carbocycles. The summed E-state index contributed by atoms with van der Waals surface area (Å²) in [5.74, 6) is 0.156. The summed E-state index contributed by atoms with van der Waals surface area (Å²) in [5, 5.41) is 3.01. The number of unbranched alkanes of at least 4 members (excludes halogenated alkanes) is 1. The van der Waals surface area contributed by atoms with Gasteiger partial charge >= 0.3 is 5.97 Å². The Morgan fingerprint density at radius 2 is 1.90 bits per heavy atom. The highest BCUT2D eigenvalue weighted by Gasteiger charge is 2.06. The predicted octanol–water partition coefficient (Wildman–Crippen LogP) is 2.57. The summed E-state index contributed by atoms with van der Waals surface area (Å²) in [4.78, 5) is 23.4. The smallest absolute Gasteiger partial charge is 0.338 e. The zero-order chi connectivity index (χ0) is 14.2. The highest BCUT2D eigenvalue weighted by molar-refractivity contribution is 5.89. The maximum absolute atomic E-state index is 11.7. The molecule has 0 saturated carbocycles. The molecule has 104 valence electrons. The maximum Gasteiger partial charge on any atom is 0.338 e. The van der Waals surface area contributed by atoms with E-state index in [1.165, 1.54) is 12.7 Å². The van der Waals surface area contributed by atoms with Crippen LogP contribution in [0.2, 0.25) is 0 Å². The molecule has 0 spiro atoms. The van der Waals surface area contributed by atoms with Crippen molar-refractivity contribution in [1.29, 1.82) is 0 Å². The Bertz CT molecular complexity index is 543. The highest BCUT2D eigenvalue weighted by Crippen LogP contribution is 2.13. The molecular formula is C14H16N4O2. The van der Waals surface area contributed by atoms with E-state index in [-0.39, 0.29) is 5.97 Å². The van der Waals surface area contributed by atoms with Gasteiger partial charge in [0.2, 0.25) is 5.95 Å². The van der Waals surface area contributed by atoms with Gasteiger partial charge in [0, 0.05) is 5.69 Å². The van der Waals surface area contributed by atoms with E-state index < -0.39 is 0 Å². The fourth-order valence-corrected chi connectivity index (χ4v) is 1.52. The summed E-state index contributed by atoms with van der Waals surface area (Å²) in [6, 6.07) is 6.97. The molecular weight excluding hydrogens is 256 g/mol. The summed E-state index contributed by atoms with van der Waals surface area (Å²) >= 11 is 0. The van der Waals surface area contributed by atoms with Crippen LogP contribution in [0.15, 0.2) is 36.9 Å². The number of benzene rings is 1. The van der Waals surface area contributed by atoms with Crippen molar-refractivity contribution in [3.63, 3.8) is 0 Å². The lowest BCUT2D eigenvalue weighted by molar-refractivity contribution is 0.0500. The number of hydrogen-bond donors (Lipinski definition) is 1. The molecule has 0 amide bonds. The third kappa shape index (κ3) is 4.01. The highest BCUT2D eigenvalue weighted by atomic mass is 16.5. The summed E-state index contributed by atoms with van der Waals surface area (Å²) in [6.07, 6.45) is 4.70. The van der Waals surface area contributed by atoms with Crippen LogP contribution < -0.4 is 5.32 Å². The molecule has 0 atom stereocenters. The van der Waals surface area contributed by atoms with E-state index in [9.17, 15) is 4.79 Å². The average molecular weight is 272 g/mol. The molecule has 0 bridgehead atoms. The number of hydrogen-bond acceptors (Lipinski definition) is 6. The number of nitrogens with zero attached hydrogens (tertiary/aromatic N) is 3. The summed E-state index contributed by atoms with van der Waals surface area (Å²) < 4.78 is 5.13. The molecule has 1 N–H and O–H groups in total. The van der Waals surface area contributed by atoms with Crippen molar-refractivity contribution in [2.24, 2.45) is 0 Å². The fraction of sp³-hybridized carbons (Fsp3) is 0.286. The van der Waals surface area contributed by atoms with E-state index in [0.717, 1.165) is 18.5 Å². The van der Waals surface area contributed by atoms with Gasteiger partial charge in [0.1, 0.15) is 12.7 Å². The molecule has 0 unspecified atom stereocenters. The van der Waals surface area contributed by atoms with Crippen molar-refractivity contribution in [1.82, 2.24) is 15.0 Å². The maximum atomic E-state index is 11.7. The van der Waals surface area contributed by atoms with Gasteiger partial charge in [-0.15, -0.1) is 0 Å². The van der Waals surface area contributed by atoms with Gasteiger partial charge in [0.15, 0.2) is 0 Å². The minimum absolute atomic E-state index is 0.301. The van der Waals surface area contributed by atoms with Gasteiger partial charge in [-0.05, 0) is 30.7 Å². The van der Waals surface area contributed by atoms with Crippen molar-refractivity contribution in [3.05, 3.63) is 42.5 Å². The summed E-state index contributed by atoms with van der Waals surface area (Å²) in [7, 11) is 0. The van der Waals surface area contributed by atoms with Crippen LogP contribution in [0.4, 0.5) is 11.6 Å². The molecule has 2 rings (SSSR count). The second-order valence-electron chi connectivity index (χ2n) is 4.15. The number of anilines is 2. The molecule has 6 nitrogen and oxygen atoms in total. The number of ether oxygens (including phenoxy) is 1. The number of nitrogens with one attached hydrogen (secondary N) is 1. The van der Waals surface area contributed by atoms with Gasteiger partial charge in [-0.1, -0.05) is 13.3 Å². The Morgan fingerprint density at radius 1 is 1.20 bits per heavy atom.